The number of furan rings is 1. The number of ether oxygens (including phenoxy) is 4. The first-order chi connectivity index (χ1) is 22.0. The van der Waals surface area contributed by atoms with Crippen molar-refractivity contribution >= 4 is 29.7 Å². The Morgan fingerprint density at radius 1 is 1.11 bits per heavy atom. The van der Waals surface area contributed by atoms with Crippen LogP contribution in [0.5, 0.6) is 0 Å². The Morgan fingerprint density at radius 3 is 2.40 bits per heavy atom. The van der Waals surface area contributed by atoms with Gasteiger partial charge in [0, 0.05) is 40.2 Å². The zero-order valence-electron chi connectivity index (χ0n) is 28.5. The zero-order chi connectivity index (χ0) is 34.5. The molecule has 1 aromatic rings. The lowest BCUT2D eigenvalue weighted by molar-refractivity contribution is -0.280. The van der Waals surface area contributed by atoms with Gasteiger partial charge in [0.2, 0.25) is 5.60 Å². The summed E-state index contributed by atoms with van der Waals surface area (Å²) in [6, 6.07) is 1.72. The Morgan fingerprint density at radius 2 is 1.81 bits per heavy atom. The molecular weight excluding hydrogens is 608 g/mol. The normalized spacial score (nSPS) is 40.8. The molecule has 1 N–H and O–H groups in total. The summed E-state index contributed by atoms with van der Waals surface area (Å²) in [5, 5.41) is 13.2. The number of carbonyl (C=O) groups is 5. The van der Waals surface area contributed by atoms with Gasteiger partial charge in [-0.3, -0.25) is 24.0 Å². The number of hydrogen-bond acceptors (Lipinski definition) is 11. The van der Waals surface area contributed by atoms with Gasteiger partial charge in [0.25, 0.3) is 0 Å². The first-order valence-corrected chi connectivity index (χ1v) is 16.7. The van der Waals surface area contributed by atoms with Crippen molar-refractivity contribution < 1.29 is 52.4 Å². The van der Waals surface area contributed by atoms with Crippen LogP contribution < -0.4 is 0 Å². The van der Waals surface area contributed by atoms with Crippen LogP contribution in [-0.4, -0.2) is 59.2 Å². The number of aliphatic hydroxyl groups is 1. The van der Waals surface area contributed by atoms with Gasteiger partial charge in [-0.1, -0.05) is 48.5 Å². The Balaban J connectivity index is 1.65. The van der Waals surface area contributed by atoms with Gasteiger partial charge >= 0.3 is 23.9 Å². The predicted octanol–water partition coefficient (Wildman–Crippen LogP) is 4.80. The van der Waals surface area contributed by atoms with Gasteiger partial charge in [-0.25, -0.2) is 0 Å². The van der Waals surface area contributed by atoms with Crippen LogP contribution in [0.3, 0.4) is 0 Å². The monoisotopic (exact) mass is 654 g/mol. The fourth-order valence-corrected chi connectivity index (χ4v) is 10.2. The second kappa shape index (κ2) is 10.8. The molecule has 4 aliphatic carbocycles. The number of ketones is 1. The molecule has 0 spiro atoms. The highest BCUT2D eigenvalue weighted by molar-refractivity contribution is 6.08. The van der Waals surface area contributed by atoms with E-state index in [4.69, 9.17) is 23.4 Å². The second-order valence-electron chi connectivity index (χ2n) is 15.4. The number of hydrogen-bond donors (Lipinski definition) is 1. The molecule has 1 saturated heterocycles. The summed E-state index contributed by atoms with van der Waals surface area (Å²) in [6.45, 7) is 12.5. The number of carbonyl (C=O) groups excluding carboxylic acids is 5. The van der Waals surface area contributed by atoms with Gasteiger partial charge < -0.3 is 28.5 Å². The molecule has 5 aliphatic rings. The molecule has 2 heterocycles. The minimum absolute atomic E-state index is 0.00657. The molecule has 0 unspecified atom stereocenters. The molecule has 1 aliphatic heterocycles. The highest BCUT2D eigenvalue weighted by Gasteiger charge is 2.92. The van der Waals surface area contributed by atoms with Gasteiger partial charge in [0.15, 0.2) is 11.4 Å². The van der Waals surface area contributed by atoms with E-state index in [1.165, 1.54) is 19.6 Å². The second-order valence-corrected chi connectivity index (χ2v) is 15.4. The molecule has 11 nitrogen and oxygen atoms in total. The summed E-state index contributed by atoms with van der Waals surface area (Å²) in [5.41, 5.74) is -6.06. The Labute approximate surface area is 274 Å². The number of Topliss-reactive ketones (excluding diaryl/α,β-unsaturated/α-hetero) is 1. The van der Waals surface area contributed by atoms with Gasteiger partial charge in [-0.15, -0.1) is 0 Å². The van der Waals surface area contributed by atoms with Crippen molar-refractivity contribution in [3.63, 3.8) is 0 Å². The molecule has 6 rings (SSSR count). The van der Waals surface area contributed by atoms with Crippen LogP contribution in [0.25, 0.3) is 0 Å². The standard InChI is InChI=1S/C36H46O11/c1-9-19(4)30(41)46-31-33(6)17-35(47-29(40)18(2)3)34(7,23(33)15-24(37)43-8)21-10-12-32(5)22(26(21)27(39)36(31,35)42)14-25(38)45-28(32)20-11-13-44-16-20/h11,13,16,18-19,21,23,28,31,42H,9-10,12,14-15,17H2,1-8H3/t19-,21-,23-,28+,31+,32-,33-,34+,35+,36-/m0/s1. The van der Waals surface area contributed by atoms with E-state index in [0.717, 1.165) is 0 Å². The molecular formula is C36H46O11. The molecule has 47 heavy (non-hydrogen) atoms. The molecule has 0 amide bonds. The van der Waals surface area contributed by atoms with E-state index in [-0.39, 0.29) is 24.8 Å². The lowest BCUT2D eigenvalue weighted by Crippen LogP contribution is -2.79. The van der Waals surface area contributed by atoms with Crippen LogP contribution in [0.2, 0.25) is 0 Å². The molecule has 2 bridgehead atoms. The van der Waals surface area contributed by atoms with E-state index in [9.17, 15) is 24.3 Å². The molecule has 1 aromatic heterocycles. The topological polar surface area (TPSA) is 156 Å². The fourth-order valence-electron chi connectivity index (χ4n) is 10.2. The first kappa shape index (κ1) is 33.4. The maximum atomic E-state index is 15.3. The largest absolute Gasteiger partial charge is 0.472 e. The van der Waals surface area contributed by atoms with Crippen molar-refractivity contribution in [3.8, 4) is 0 Å². The number of methoxy groups -OCH3 is 1. The summed E-state index contributed by atoms with van der Waals surface area (Å²) in [6.07, 6.45) is 1.89. The fraction of sp³-hybridized carbons (Fsp3) is 0.694. The van der Waals surface area contributed by atoms with Gasteiger partial charge in [-0.2, -0.15) is 0 Å². The van der Waals surface area contributed by atoms with Gasteiger partial charge in [0.1, 0.15) is 12.2 Å². The van der Waals surface area contributed by atoms with Crippen LogP contribution in [0, 0.1) is 39.9 Å². The smallest absolute Gasteiger partial charge is 0.310 e. The maximum absolute atomic E-state index is 15.3. The third kappa shape index (κ3) is 4.10. The van der Waals surface area contributed by atoms with Crippen molar-refractivity contribution in [2.75, 3.05) is 7.11 Å². The average molecular weight is 655 g/mol. The summed E-state index contributed by atoms with van der Waals surface area (Å²) in [7, 11) is 1.29. The Hall–Kier alpha value is -3.47. The van der Waals surface area contributed by atoms with Crippen LogP contribution in [0.4, 0.5) is 0 Å². The summed E-state index contributed by atoms with van der Waals surface area (Å²) >= 11 is 0. The van der Waals surface area contributed by atoms with Crippen LogP contribution in [-0.2, 0) is 42.9 Å². The van der Waals surface area contributed by atoms with Crippen molar-refractivity contribution in [1.82, 2.24) is 0 Å². The number of rotatable bonds is 8. The molecule has 0 radical (unpaired) electrons. The SMILES string of the molecule is CC[C@H](C)C(=O)O[C@@H]1[C@@]2(C)C[C@@]3(OC(=O)C(C)C)[C@](C)([C@H]4CC[C@@]5(C)C(=C4C(=O)[C@]13O)CC(=O)O[C@@H]5c1ccoc1)[C@H]2CC(=O)OC. The van der Waals surface area contributed by atoms with E-state index in [2.05, 4.69) is 0 Å². The predicted molar refractivity (Wildman–Crippen MR) is 164 cm³/mol. The molecule has 256 valence electrons. The molecule has 11 heteroatoms. The van der Waals surface area contributed by atoms with E-state index in [1.54, 1.807) is 26.8 Å². The van der Waals surface area contributed by atoms with E-state index in [0.29, 0.717) is 30.4 Å². The minimum Gasteiger partial charge on any atom is -0.472 e. The third-order valence-corrected chi connectivity index (χ3v) is 12.8. The molecule has 10 atom stereocenters. The van der Waals surface area contributed by atoms with Crippen molar-refractivity contribution in [2.24, 2.45) is 39.9 Å². The lowest BCUT2D eigenvalue weighted by Gasteiger charge is -2.66. The third-order valence-electron chi connectivity index (χ3n) is 12.8. The quantitative estimate of drug-likeness (QED) is 0.304. The summed E-state index contributed by atoms with van der Waals surface area (Å²) < 4.78 is 29.0. The zero-order valence-corrected chi connectivity index (χ0v) is 28.5. The van der Waals surface area contributed by atoms with Crippen LogP contribution >= 0.6 is 0 Å². The maximum Gasteiger partial charge on any atom is 0.310 e. The molecule has 0 aromatic carbocycles. The van der Waals surface area contributed by atoms with E-state index >= 15 is 4.79 Å². The number of esters is 4. The van der Waals surface area contributed by atoms with Crippen LogP contribution in [0.1, 0.15) is 98.7 Å². The summed E-state index contributed by atoms with van der Waals surface area (Å²) in [5.74, 6) is -5.36. The van der Waals surface area contributed by atoms with E-state index < -0.39 is 93.0 Å². The highest BCUT2D eigenvalue weighted by Crippen LogP contribution is 2.81. The Kier molecular flexibility index (Phi) is 7.66. The Bertz CT molecular complexity index is 1560. The van der Waals surface area contributed by atoms with Gasteiger partial charge in [-0.05, 0) is 42.7 Å². The van der Waals surface area contributed by atoms with E-state index in [1.807, 2.05) is 27.7 Å². The number of cyclic esters (lactones) is 1. The molecule has 3 saturated carbocycles. The molecule has 4 fully saturated rings. The van der Waals surface area contributed by atoms with Crippen molar-refractivity contribution in [1.29, 1.82) is 0 Å². The van der Waals surface area contributed by atoms with Crippen molar-refractivity contribution in [3.05, 3.63) is 35.3 Å². The average Bonchev–Trinajstić information content (AvgIpc) is 3.68. The lowest BCUT2D eigenvalue weighted by atomic mass is 9.41. The summed E-state index contributed by atoms with van der Waals surface area (Å²) in [4.78, 5) is 68.9. The van der Waals surface area contributed by atoms with Crippen molar-refractivity contribution in [2.45, 2.75) is 110 Å². The minimum atomic E-state index is -2.50. The number of fused-ring (bicyclic) bond motifs is 4. The first-order valence-electron chi connectivity index (χ1n) is 16.7. The van der Waals surface area contributed by atoms with Crippen LogP contribution in [0.15, 0.2) is 34.2 Å². The highest BCUT2D eigenvalue weighted by atomic mass is 16.6. The van der Waals surface area contributed by atoms with Gasteiger partial charge in [0.05, 0.1) is 37.9 Å².